The number of fused-ring (bicyclic) bond motifs is 1. The summed E-state index contributed by atoms with van der Waals surface area (Å²) in [6, 6.07) is 4.78. The number of carbonyl (C=O) groups is 2. The van der Waals surface area contributed by atoms with Crippen molar-refractivity contribution in [2.75, 3.05) is 16.6 Å². The van der Waals surface area contributed by atoms with Crippen LogP contribution in [0.4, 0.5) is 5.69 Å². The molecule has 1 aliphatic rings. The monoisotopic (exact) mass is 249 g/mol. The normalized spacial score (nSPS) is 14.4. The molecule has 0 atom stereocenters. The zero-order valence-corrected chi connectivity index (χ0v) is 9.87. The summed E-state index contributed by atoms with van der Waals surface area (Å²) < 4.78 is 1.80. The van der Waals surface area contributed by atoms with Crippen molar-refractivity contribution < 1.29 is 14.7 Å². The number of carboxylic acids is 1. The lowest BCUT2D eigenvalue weighted by Gasteiger charge is -2.29. The third-order valence-electron chi connectivity index (χ3n) is 2.46. The van der Waals surface area contributed by atoms with E-state index in [0.29, 0.717) is 23.5 Å². The summed E-state index contributed by atoms with van der Waals surface area (Å²) in [5.74, 6) is -0.719. The van der Waals surface area contributed by atoms with Gasteiger partial charge in [0.05, 0.1) is 17.0 Å². The molecule has 0 unspecified atom stereocenters. The predicted molar refractivity (Wildman–Crippen MR) is 67.7 cm³/mol. The predicted octanol–water partition coefficient (Wildman–Crippen LogP) is 2.22. The van der Waals surface area contributed by atoms with E-state index in [0.717, 1.165) is 0 Å². The van der Waals surface area contributed by atoms with Crippen LogP contribution in [0.15, 0.2) is 30.9 Å². The van der Waals surface area contributed by atoms with Crippen molar-refractivity contribution in [3.63, 3.8) is 0 Å². The first-order chi connectivity index (χ1) is 8.15. The van der Waals surface area contributed by atoms with Gasteiger partial charge in [-0.3, -0.25) is 4.79 Å². The summed E-state index contributed by atoms with van der Waals surface area (Å²) in [6.45, 7) is 4.14. The molecule has 0 saturated carbocycles. The lowest BCUT2D eigenvalue weighted by molar-refractivity contribution is 0.0697. The molecule has 0 aliphatic carbocycles. The number of hydrogen-bond donors (Lipinski definition) is 1. The molecule has 0 bridgehead atoms. The maximum absolute atomic E-state index is 11.7. The summed E-state index contributed by atoms with van der Waals surface area (Å²) in [7, 11) is 0. The molecule has 0 radical (unpaired) electrons. The number of Topliss-reactive ketones (excluding diaryl/α,β-unsaturated/α-hetero) is 1. The van der Waals surface area contributed by atoms with E-state index in [2.05, 4.69) is 6.58 Å². The molecular formula is C12H11NO3S. The number of ketones is 1. The third-order valence-corrected chi connectivity index (χ3v) is 3.50. The van der Waals surface area contributed by atoms with E-state index in [4.69, 9.17) is 5.11 Å². The maximum Gasteiger partial charge on any atom is 0.337 e. The second-order valence-electron chi connectivity index (χ2n) is 3.55. The minimum atomic E-state index is -1.02. The lowest BCUT2D eigenvalue weighted by Crippen LogP contribution is -2.27. The van der Waals surface area contributed by atoms with Crippen LogP contribution in [0.25, 0.3) is 0 Å². The summed E-state index contributed by atoms with van der Waals surface area (Å²) >= 11 is 1.32. The maximum atomic E-state index is 11.7. The van der Waals surface area contributed by atoms with Crippen molar-refractivity contribution in [2.45, 2.75) is 0 Å². The van der Waals surface area contributed by atoms with Gasteiger partial charge in [0, 0.05) is 12.1 Å². The molecule has 5 heteroatoms. The summed E-state index contributed by atoms with van der Waals surface area (Å²) in [5, 5.41) is 9.14. The number of benzene rings is 1. The smallest absolute Gasteiger partial charge is 0.337 e. The van der Waals surface area contributed by atoms with E-state index in [1.807, 2.05) is 0 Å². The highest BCUT2D eigenvalue weighted by molar-refractivity contribution is 8.01. The molecular weight excluding hydrogens is 238 g/mol. The molecule has 0 aromatic heterocycles. The van der Waals surface area contributed by atoms with E-state index < -0.39 is 5.97 Å². The molecule has 1 heterocycles. The first-order valence-corrected chi connectivity index (χ1v) is 6.00. The van der Waals surface area contributed by atoms with Crippen LogP contribution < -0.4 is 4.31 Å². The Morgan fingerprint density at radius 3 is 3.00 bits per heavy atom. The van der Waals surface area contributed by atoms with Gasteiger partial charge >= 0.3 is 5.97 Å². The van der Waals surface area contributed by atoms with Gasteiger partial charge in [-0.2, -0.15) is 0 Å². The number of carbonyl (C=O) groups excluding carboxylic acids is 1. The minimum absolute atomic E-state index is 0.0339. The molecule has 1 N–H and O–H groups in total. The van der Waals surface area contributed by atoms with Crippen molar-refractivity contribution in [3.8, 4) is 0 Å². The highest BCUT2D eigenvalue weighted by Gasteiger charge is 2.27. The van der Waals surface area contributed by atoms with Crippen LogP contribution in [0, 0.1) is 0 Å². The second-order valence-corrected chi connectivity index (χ2v) is 4.54. The Hall–Kier alpha value is -1.75. The molecule has 1 aliphatic heterocycles. The van der Waals surface area contributed by atoms with Crippen LogP contribution in [-0.4, -0.2) is 29.2 Å². The number of rotatable bonds is 3. The fourth-order valence-electron chi connectivity index (χ4n) is 1.75. The van der Waals surface area contributed by atoms with Gasteiger partial charge < -0.3 is 9.41 Å². The largest absolute Gasteiger partial charge is 0.478 e. The number of hydrogen-bond acceptors (Lipinski definition) is 4. The van der Waals surface area contributed by atoms with Crippen molar-refractivity contribution in [1.82, 2.24) is 0 Å². The Kier molecular flexibility index (Phi) is 3.19. The van der Waals surface area contributed by atoms with Gasteiger partial charge in [-0.25, -0.2) is 4.79 Å². The zero-order chi connectivity index (χ0) is 12.4. The number of para-hydroxylation sites is 1. The van der Waals surface area contributed by atoms with Gasteiger partial charge in [0.2, 0.25) is 0 Å². The fourth-order valence-corrected chi connectivity index (χ4v) is 2.72. The molecule has 0 spiro atoms. The summed E-state index contributed by atoms with van der Waals surface area (Å²) in [4.78, 5) is 22.9. The highest BCUT2D eigenvalue weighted by atomic mass is 32.2. The Morgan fingerprint density at radius 1 is 1.59 bits per heavy atom. The van der Waals surface area contributed by atoms with Gasteiger partial charge in [-0.05, 0) is 24.1 Å². The Morgan fingerprint density at radius 2 is 2.35 bits per heavy atom. The van der Waals surface area contributed by atoms with Crippen molar-refractivity contribution in [1.29, 1.82) is 0 Å². The van der Waals surface area contributed by atoms with E-state index in [9.17, 15) is 9.59 Å². The zero-order valence-electron chi connectivity index (χ0n) is 9.05. The first-order valence-electron chi connectivity index (χ1n) is 5.06. The minimum Gasteiger partial charge on any atom is -0.478 e. The van der Waals surface area contributed by atoms with Crippen molar-refractivity contribution in [2.24, 2.45) is 0 Å². The molecule has 4 nitrogen and oxygen atoms in total. The van der Waals surface area contributed by atoms with Crippen LogP contribution in [0.2, 0.25) is 0 Å². The third kappa shape index (κ3) is 2.06. The number of carboxylic acid groups (broad SMARTS) is 1. The molecule has 0 amide bonds. The van der Waals surface area contributed by atoms with Crippen LogP contribution in [0.1, 0.15) is 20.7 Å². The van der Waals surface area contributed by atoms with E-state index in [1.165, 1.54) is 18.0 Å². The average Bonchev–Trinajstić information content (AvgIpc) is 2.32. The average molecular weight is 249 g/mol. The van der Waals surface area contributed by atoms with Gasteiger partial charge in [0.15, 0.2) is 5.78 Å². The standard InChI is InChI=1S/C12H11NO3S/c1-2-6-13-11-8(10(14)7-17-13)4-3-5-9(11)12(15)16/h2-5H,1,6-7H2,(H,15,16). The van der Waals surface area contributed by atoms with Crippen molar-refractivity contribution in [3.05, 3.63) is 42.0 Å². The number of aromatic carboxylic acids is 1. The van der Waals surface area contributed by atoms with Crippen LogP contribution >= 0.6 is 11.9 Å². The van der Waals surface area contributed by atoms with Crippen LogP contribution in [0.5, 0.6) is 0 Å². The van der Waals surface area contributed by atoms with Gasteiger partial charge in [-0.1, -0.05) is 12.1 Å². The summed E-state index contributed by atoms with van der Waals surface area (Å²) in [5.41, 5.74) is 1.12. The topological polar surface area (TPSA) is 57.6 Å². The lowest BCUT2D eigenvalue weighted by atomic mass is 10.0. The molecule has 0 fully saturated rings. The molecule has 1 aromatic rings. The summed E-state index contributed by atoms with van der Waals surface area (Å²) in [6.07, 6.45) is 1.69. The Bertz CT molecular complexity index is 484. The Balaban J connectivity index is 2.60. The van der Waals surface area contributed by atoms with Crippen LogP contribution in [-0.2, 0) is 0 Å². The van der Waals surface area contributed by atoms with Crippen molar-refractivity contribution >= 4 is 29.4 Å². The second kappa shape index (κ2) is 4.63. The SMILES string of the molecule is C=CCN1SCC(=O)c2cccc(C(=O)O)c21. The van der Waals surface area contributed by atoms with Gasteiger partial charge in [-0.15, -0.1) is 6.58 Å². The fraction of sp³-hybridized carbons (Fsp3) is 0.167. The number of nitrogens with zero attached hydrogens (tertiary/aromatic N) is 1. The van der Waals surface area contributed by atoms with Crippen LogP contribution in [0.3, 0.4) is 0 Å². The number of anilines is 1. The van der Waals surface area contributed by atoms with Gasteiger partial charge in [0.1, 0.15) is 0 Å². The molecule has 88 valence electrons. The quantitative estimate of drug-likeness (QED) is 0.657. The van der Waals surface area contributed by atoms with E-state index in [1.54, 1.807) is 22.5 Å². The molecule has 2 rings (SSSR count). The van der Waals surface area contributed by atoms with E-state index in [-0.39, 0.29) is 11.3 Å². The first kappa shape index (κ1) is 11.7. The molecule has 0 saturated heterocycles. The van der Waals surface area contributed by atoms with Gasteiger partial charge in [0.25, 0.3) is 0 Å². The molecule has 17 heavy (non-hydrogen) atoms. The highest BCUT2D eigenvalue weighted by Crippen LogP contribution is 2.35. The molecule has 1 aromatic carbocycles. The Labute approximate surface area is 103 Å². The van der Waals surface area contributed by atoms with E-state index >= 15 is 0 Å².